The minimum atomic E-state index is -0.808. The molecule has 0 spiro atoms. The second-order valence-corrected chi connectivity index (χ2v) is 5.70. The number of nitrogens with zero attached hydrogens (tertiary/aromatic N) is 1. The molecule has 1 aromatic heterocycles. The largest absolute Gasteiger partial charge is 0.481 e. The number of aliphatic carboxylic acids is 1. The number of carbonyl (C=O) groups is 1. The molecule has 1 heterocycles. The fourth-order valence-corrected chi connectivity index (χ4v) is 3.08. The van der Waals surface area contributed by atoms with Crippen LogP contribution in [0.25, 0.3) is 20.8 Å². The molecule has 0 unspecified atom stereocenters. The average molecular weight is 283 g/mol. The van der Waals surface area contributed by atoms with Gasteiger partial charge in [0.25, 0.3) is 0 Å². The van der Waals surface area contributed by atoms with Gasteiger partial charge < -0.3 is 5.11 Å². The molecule has 3 aromatic rings. The van der Waals surface area contributed by atoms with Crippen molar-refractivity contribution in [2.75, 3.05) is 0 Å². The van der Waals surface area contributed by atoms with Crippen LogP contribution in [0.5, 0.6) is 0 Å². The summed E-state index contributed by atoms with van der Waals surface area (Å²) in [5.74, 6) is -1.31. The highest BCUT2D eigenvalue weighted by Gasteiger charge is 2.15. The van der Waals surface area contributed by atoms with Gasteiger partial charge in [0.1, 0.15) is 5.01 Å². The molecule has 0 amide bonds. The molecule has 2 aromatic carbocycles. The van der Waals surface area contributed by atoms with E-state index in [2.05, 4.69) is 4.98 Å². The van der Waals surface area contributed by atoms with E-state index in [4.69, 9.17) is 5.11 Å². The predicted molar refractivity (Wildman–Crippen MR) is 81.1 cm³/mol. The Balaban J connectivity index is 2.06. The van der Waals surface area contributed by atoms with Gasteiger partial charge in [-0.2, -0.15) is 0 Å². The van der Waals surface area contributed by atoms with Crippen molar-refractivity contribution in [3.8, 4) is 10.6 Å². The molecule has 0 aliphatic rings. The van der Waals surface area contributed by atoms with E-state index in [1.807, 2.05) is 48.5 Å². The first-order valence-electron chi connectivity index (χ1n) is 6.34. The lowest BCUT2D eigenvalue weighted by Crippen LogP contribution is -2.06. The Morgan fingerprint density at radius 1 is 1.20 bits per heavy atom. The van der Waals surface area contributed by atoms with Crippen molar-refractivity contribution < 1.29 is 9.90 Å². The summed E-state index contributed by atoms with van der Waals surface area (Å²) in [6, 6.07) is 15.7. The van der Waals surface area contributed by atoms with Crippen LogP contribution in [-0.2, 0) is 4.79 Å². The van der Waals surface area contributed by atoms with Crippen LogP contribution >= 0.6 is 11.3 Å². The van der Waals surface area contributed by atoms with E-state index in [1.54, 1.807) is 18.3 Å². The Morgan fingerprint density at radius 2 is 1.95 bits per heavy atom. The maximum Gasteiger partial charge on any atom is 0.310 e. The van der Waals surface area contributed by atoms with Crippen LogP contribution in [0.15, 0.2) is 48.5 Å². The van der Waals surface area contributed by atoms with E-state index >= 15 is 0 Å². The van der Waals surface area contributed by atoms with Gasteiger partial charge in [-0.1, -0.05) is 36.4 Å². The number of rotatable bonds is 3. The standard InChI is InChI=1S/C16H13NO2S/c1-10(16(18)19)12-7-8-13-14(9-12)20-15(17-13)11-5-3-2-4-6-11/h2-10H,1H3,(H,18,19)/t10-/m0/s1. The number of aromatic nitrogens is 1. The molecule has 4 heteroatoms. The molecule has 0 radical (unpaired) electrons. The first-order valence-corrected chi connectivity index (χ1v) is 7.15. The van der Waals surface area contributed by atoms with Gasteiger partial charge >= 0.3 is 5.97 Å². The van der Waals surface area contributed by atoms with Gasteiger partial charge in [-0.15, -0.1) is 11.3 Å². The van der Waals surface area contributed by atoms with Crippen molar-refractivity contribution in [2.45, 2.75) is 12.8 Å². The van der Waals surface area contributed by atoms with Crippen LogP contribution in [0.2, 0.25) is 0 Å². The van der Waals surface area contributed by atoms with Crippen LogP contribution < -0.4 is 0 Å². The van der Waals surface area contributed by atoms with E-state index in [0.717, 1.165) is 26.4 Å². The first kappa shape index (κ1) is 12.8. The summed E-state index contributed by atoms with van der Waals surface area (Å²) in [5.41, 5.74) is 2.81. The van der Waals surface area contributed by atoms with E-state index < -0.39 is 11.9 Å². The second kappa shape index (κ2) is 5.06. The van der Waals surface area contributed by atoms with Gasteiger partial charge in [0.15, 0.2) is 0 Å². The number of thiazole rings is 1. The summed E-state index contributed by atoms with van der Waals surface area (Å²) in [6.07, 6.45) is 0. The summed E-state index contributed by atoms with van der Waals surface area (Å²) < 4.78 is 1.02. The lowest BCUT2D eigenvalue weighted by molar-refractivity contribution is -0.138. The Bertz CT molecular complexity index is 765. The highest BCUT2D eigenvalue weighted by atomic mass is 32.1. The number of hydrogen-bond acceptors (Lipinski definition) is 3. The molecule has 3 nitrogen and oxygen atoms in total. The molecular weight excluding hydrogens is 270 g/mol. The zero-order valence-corrected chi connectivity index (χ0v) is 11.7. The molecular formula is C16H13NO2S. The summed E-state index contributed by atoms with van der Waals surface area (Å²) in [4.78, 5) is 15.6. The van der Waals surface area contributed by atoms with E-state index in [1.165, 1.54) is 0 Å². The maximum atomic E-state index is 11.1. The highest BCUT2D eigenvalue weighted by Crippen LogP contribution is 2.31. The number of carboxylic acid groups (broad SMARTS) is 1. The minimum Gasteiger partial charge on any atom is -0.481 e. The van der Waals surface area contributed by atoms with Gasteiger partial charge in [-0.25, -0.2) is 4.98 Å². The summed E-state index contributed by atoms with van der Waals surface area (Å²) in [7, 11) is 0. The lowest BCUT2D eigenvalue weighted by Gasteiger charge is -2.05. The zero-order valence-electron chi connectivity index (χ0n) is 10.9. The molecule has 0 aliphatic carbocycles. The van der Waals surface area contributed by atoms with Gasteiger partial charge in [0.05, 0.1) is 16.1 Å². The van der Waals surface area contributed by atoms with Gasteiger partial charge in [0, 0.05) is 5.56 Å². The Labute approximate surface area is 120 Å². The van der Waals surface area contributed by atoms with Crippen LogP contribution in [-0.4, -0.2) is 16.1 Å². The van der Waals surface area contributed by atoms with Gasteiger partial charge in [-0.05, 0) is 24.6 Å². The average Bonchev–Trinajstić information content (AvgIpc) is 2.90. The van der Waals surface area contributed by atoms with Crippen molar-refractivity contribution in [2.24, 2.45) is 0 Å². The van der Waals surface area contributed by atoms with Crippen molar-refractivity contribution in [3.05, 3.63) is 54.1 Å². The number of fused-ring (bicyclic) bond motifs is 1. The lowest BCUT2D eigenvalue weighted by atomic mass is 10.0. The SMILES string of the molecule is C[C@H](C(=O)O)c1ccc2nc(-c3ccccc3)sc2c1. The Kier molecular flexibility index (Phi) is 3.24. The minimum absolute atomic E-state index is 0.498. The highest BCUT2D eigenvalue weighted by molar-refractivity contribution is 7.21. The van der Waals surface area contributed by atoms with Crippen molar-refractivity contribution >= 4 is 27.5 Å². The predicted octanol–water partition coefficient (Wildman–Crippen LogP) is 4.15. The zero-order chi connectivity index (χ0) is 14.1. The van der Waals surface area contributed by atoms with Crippen LogP contribution in [0.4, 0.5) is 0 Å². The molecule has 0 saturated carbocycles. The van der Waals surface area contributed by atoms with Crippen molar-refractivity contribution in [3.63, 3.8) is 0 Å². The van der Waals surface area contributed by atoms with E-state index in [9.17, 15) is 4.79 Å². The molecule has 0 fully saturated rings. The first-order chi connectivity index (χ1) is 9.65. The van der Waals surface area contributed by atoms with Gasteiger partial charge in [0.2, 0.25) is 0 Å². The molecule has 1 atom stereocenters. The fraction of sp³-hybridized carbons (Fsp3) is 0.125. The third-order valence-electron chi connectivity index (χ3n) is 3.30. The smallest absolute Gasteiger partial charge is 0.310 e. The fourth-order valence-electron chi connectivity index (χ4n) is 2.06. The monoisotopic (exact) mass is 283 g/mol. The van der Waals surface area contributed by atoms with Crippen LogP contribution in [0, 0.1) is 0 Å². The normalized spacial score (nSPS) is 12.4. The Hall–Kier alpha value is -2.20. The third-order valence-corrected chi connectivity index (χ3v) is 4.37. The molecule has 0 saturated heterocycles. The van der Waals surface area contributed by atoms with Gasteiger partial charge in [-0.3, -0.25) is 4.79 Å². The number of hydrogen-bond donors (Lipinski definition) is 1. The van der Waals surface area contributed by atoms with E-state index in [0.29, 0.717) is 0 Å². The van der Waals surface area contributed by atoms with E-state index in [-0.39, 0.29) is 0 Å². The van der Waals surface area contributed by atoms with Crippen LogP contribution in [0.1, 0.15) is 18.4 Å². The summed E-state index contributed by atoms with van der Waals surface area (Å²) in [5, 5.41) is 10.0. The van der Waals surface area contributed by atoms with Crippen LogP contribution in [0.3, 0.4) is 0 Å². The molecule has 1 N–H and O–H groups in total. The Morgan fingerprint density at radius 3 is 2.65 bits per heavy atom. The quantitative estimate of drug-likeness (QED) is 0.785. The summed E-state index contributed by atoms with van der Waals surface area (Å²) in [6.45, 7) is 1.70. The van der Waals surface area contributed by atoms with Crippen molar-refractivity contribution in [1.29, 1.82) is 0 Å². The number of carboxylic acids is 1. The molecule has 0 bridgehead atoms. The topological polar surface area (TPSA) is 50.2 Å². The second-order valence-electron chi connectivity index (χ2n) is 4.67. The molecule has 3 rings (SSSR count). The number of benzene rings is 2. The third kappa shape index (κ3) is 2.30. The van der Waals surface area contributed by atoms with Crippen molar-refractivity contribution in [1.82, 2.24) is 4.98 Å². The maximum absolute atomic E-state index is 11.1. The summed E-state index contributed by atoms with van der Waals surface area (Å²) >= 11 is 1.59. The molecule has 0 aliphatic heterocycles. The molecule has 100 valence electrons. The molecule has 20 heavy (non-hydrogen) atoms.